The lowest BCUT2D eigenvalue weighted by molar-refractivity contribution is 0.476. The lowest BCUT2D eigenvalue weighted by Crippen LogP contribution is -2.03. The number of nitrogen functional groups attached to an aromatic ring is 2. The number of pyridine rings is 1. The Kier molecular flexibility index (Phi) is 3.32. The van der Waals surface area contributed by atoms with Crippen LogP contribution in [0.3, 0.4) is 0 Å². The highest BCUT2D eigenvalue weighted by molar-refractivity contribution is 5.85. The summed E-state index contributed by atoms with van der Waals surface area (Å²) in [5, 5.41) is 0.903. The van der Waals surface area contributed by atoms with Crippen molar-refractivity contribution in [1.29, 1.82) is 0 Å². The zero-order valence-electron chi connectivity index (χ0n) is 12.7. The standard InChI is InChI=1S/C15H18N6O/c1-7(2)10-5-18-14-9(4-8(3)20-14)12(10)22-11-6-19-15(17)21-13(11)16/h4-7H,1-3H3,(H,18,20)(H4,16,17,19,21). The summed E-state index contributed by atoms with van der Waals surface area (Å²) in [5.41, 5.74) is 14.2. The Labute approximate surface area is 127 Å². The normalized spacial score (nSPS) is 11.3. The molecule has 0 saturated carbocycles. The second-order valence-corrected chi connectivity index (χ2v) is 5.49. The predicted octanol–water partition coefficient (Wildman–Crippen LogP) is 2.74. The molecular weight excluding hydrogens is 280 g/mol. The van der Waals surface area contributed by atoms with E-state index in [1.165, 1.54) is 6.20 Å². The molecule has 0 aromatic carbocycles. The summed E-state index contributed by atoms with van der Waals surface area (Å²) in [6.07, 6.45) is 3.29. The molecule has 3 aromatic rings. The minimum atomic E-state index is 0.117. The van der Waals surface area contributed by atoms with Gasteiger partial charge in [0.05, 0.1) is 11.6 Å². The molecule has 0 bridgehead atoms. The third-order valence-corrected chi connectivity index (χ3v) is 3.41. The van der Waals surface area contributed by atoms with Crippen molar-refractivity contribution >= 4 is 22.8 Å². The monoisotopic (exact) mass is 298 g/mol. The number of fused-ring (bicyclic) bond motifs is 1. The number of nitrogens with one attached hydrogen (secondary N) is 1. The number of H-pyrrole nitrogens is 1. The molecule has 0 spiro atoms. The second-order valence-electron chi connectivity index (χ2n) is 5.49. The van der Waals surface area contributed by atoms with Gasteiger partial charge in [-0.05, 0) is 18.9 Å². The Morgan fingerprint density at radius 2 is 1.95 bits per heavy atom. The first-order chi connectivity index (χ1) is 10.5. The number of hydrogen-bond acceptors (Lipinski definition) is 6. The van der Waals surface area contributed by atoms with Gasteiger partial charge in [-0.2, -0.15) is 4.98 Å². The lowest BCUT2D eigenvalue weighted by Gasteiger charge is -2.15. The number of aromatic nitrogens is 4. The maximum Gasteiger partial charge on any atom is 0.222 e. The number of aryl methyl sites for hydroxylation is 1. The van der Waals surface area contributed by atoms with E-state index in [4.69, 9.17) is 16.2 Å². The smallest absolute Gasteiger partial charge is 0.222 e. The van der Waals surface area contributed by atoms with E-state index in [1.807, 2.05) is 19.2 Å². The zero-order chi connectivity index (χ0) is 15.9. The van der Waals surface area contributed by atoms with Gasteiger partial charge in [0.15, 0.2) is 11.6 Å². The SMILES string of the molecule is Cc1cc2c(Oc3cnc(N)nc3N)c(C(C)C)cnc2[nH]1. The van der Waals surface area contributed by atoms with E-state index in [0.717, 1.165) is 22.3 Å². The topological polar surface area (TPSA) is 116 Å². The molecule has 0 aliphatic rings. The Balaban J connectivity index is 2.16. The maximum absolute atomic E-state index is 6.02. The summed E-state index contributed by atoms with van der Waals surface area (Å²) in [6, 6.07) is 2.00. The van der Waals surface area contributed by atoms with Gasteiger partial charge in [0.2, 0.25) is 5.95 Å². The van der Waals surface area contributed by atoms with Crippen molar-refractivity contribution in [3.8, 4) is 11.5 Å². The molecule has 3 rings (SSSR count). The molecule has 3 heterocycles. The van der Waals surface area contributed by atoms with Crippen LogP contribution in [0.1, 0.15) is 31.0 Å². The molecule has 22 heavy (non-hydrogen) atoms. The zero-order valence-corrected chi connectivity index (χ0v) is 12.7. The highest BCUT2D eigenvalue weighted by atomic mass is 16.5. The Bertz CT molecular complexity index is 839. The minimum absolute atomic E-state index is 0.117. The summed E-state index contributed by atoms with van der Waals surface area (Å²) < 4.78 is 6.02. The van der Waals surface area contributed by atoms with Crippen LogP contribution in [-0.4, -0.2) is 19.9 Å². The fourth-order valence-corrected chi connectivity index (χ4v) is 2.31. The molecule has 0 saturated heterocycles. The summed E-state index contributed by atoms with van der Waals surface area (Å²) >= 11 is 0. The maximum atomic E-state index is 6.02. The van der Waals surface area contributed by atoms with Gasteiger partial charge in [-0.15, -0.1) is 0 Å². The second kappa shape index (κ2) is 5.18. The summed E-state index contributed by atoms with van der Waals surface area (Å²) in [7, 11) is 0. The van der Waals surface area contributed by atoms with Gasteiger partial charge in [-0.1, -0.05) is 13.8 Å². The summed E-state index contributed by atoms with van der Waals surface area (Å²) in [6.45, 7) is 6.14. The van der Waals surface area contributed by atoms with Gasteiger partial charge in [0.25, 0.3) is 0 Å². The molecular formula is C15H18N6O. The first-order valence-electron chi connectivity index (χ1n) is 6.99. The number of aromatic amines is 1. The van der Waals surface area contributed by atoms with Crippen LogP contribution in [0, 0.1) is 6.92 Å². The number of anilines is 2. The van der Waals surface area contributed by atoms with Crippen LogP contribution in [0.15, 0.2) is 18.5 Å². The van der Waals surface area contributed by atoms with Gasteiger partial charge in [0.1, 0.15) is 11.4 Å². The molecule has 5 N–H and O–H groups in total. The Hall–Kier alpha value is -2.83. The van der Waals surface area contributed by atoms with E-state index in [0.29, 0.717) is 11.5 Å². The van der Waals surface area contributed by atoms with Crippen molar-refractivity contribution in [1.82, 2.24) is 19.9 Å². The Morgan fingerprint density at radius 3 is 2.64 bits per heavy atom. The largest absolute Gasteiger partial charge is 0.451 e. The Morgan fingerprint density at radius 1 is 1.18 bits per heavy atom. The number of rotatable bonds is 3. The molecule has 0 aliphatic heterocycles. The minimum Gasteiger partial charge on any atom is -0.451 e. The average molecular weight is 298 g/mol. The number of hydrogen-bond donors (Lipinski definition) is 3. The van der Waals surface area contributed by atoms with E-state index >= 15 is 0 Å². The van der Waals surface area contributed by atoms with Gasteiger partial charge in [-0.3, -0.25) is 0 Å². The summed E-state index contributed by atoms with van der Waals surface area (Å²) in [4.78, 5) is 15.5. The number of ether oxygens (including phenoxy) is 1. The van der Waals surface area contributed by atoms with E-state index in [-0.39, 0.29) is 17.7 Å². The van der Waals surface area contributed by atoms with Gasteiger partial charge >= 0.3 is 0 Å². The first kappa shape index (κ1) is 14.1. The van der Waals surface area contributed by atoms with E-state index in [9.17, 15) is 0 Å². The van der Waals surface area contributed by atoms with Gasteiger partial charge in [0, 0.05) is 17.5 Å². The molecule has 0 atom stereocenters. The number of nitrogens with two attached hydrogens (primary N) is 2. The third kappa shape index (κ3) is 2.41. The first-order valence-corrected chi connectivity index (χ1v) is 6.99. The van der Waals surface area contributed by atoms with Crippen LogP contribution in [-0.2, 0) is 0 Å². The molecule has 7 heteroatoms. The highest BCUT2D eigenvalue weighted by Gasteiger charge is 2.17. The van der Waals surface area contributed by atoms with Crippen molar-refractivity contribution in [3.05, 3.63) is 29.7 Å². The van der Waals surface area contributed by atoms with Crippen molar-refractivity contribution in [2.75, 3.05) is 11.5 Å². The van der Waals surface area contributed by atoms with Crippen LogP contribution in [0.25, 0.3) is 11.0 Å². The van der Waals surface area contributed by atoms with Crippen LogP contribution in [0.4, 0.5) is 11.8 Å². The molecule has 0 radical (unpaired) electrons. The van der Waals surface area contributed by atoms with Crippen LogP contribution in [0.2, 0.25) is 0 Å². The van der Waals surface area contributed by atoms with Crippen LogP contribution >= 0.6 is 0 Å². The van der Waals surface area contributed by atoms with E-state index < -0.39 is 0 Å². The predicted molar refractivity (Wildman–Crippen MR) is 85.9 cm³/mol. The molecule has 0 fully saturated rings. The average Bonchev–Trinajstić information content (AvgIpc) is 2.82. The molecule has 0 amide bonds. The molecule has 0 aliphatic carbocycles. The van der Waals surface area contributed by atoms with Crippen LogP contribution < -0.4 is 16.2 Å². The van der Waals surface area contributed by atoms with E-state index in [1.54, 1.807) is 0 Å². The van der Waals surface area contributed by atoms with E-state index in [2.05, 4.69) is 33.8 Å². The molecule has 0 unspecified atom stereocenters. The van der Waals surface area contributed by atoms with Crippen molar-refractivity contribution in [2.24, 2.45) is 0 Å². The van der Waals surface area contributed by atoms with Crippen molar-refractivity contribution in [3.63, 3.8) is 0 Å². The lowest BCUT2D eigenvalue weighted by atomic mass is 10.0. The molecule has 114 valence electrons. The van der Waals surface area contributed by atoms with Gasteiger partial charge < -0.3 is 21.2 Å². The quantitative estimate of drug-likeness (QED) is 0.684. The molecule has 3 aromatic heterocycles. The van der Waals surface area contributed by atoms with Crippen molar-refractivity contribution < 1.29 is 4.74 Å². The summed E-state index contributed by atoms with van der Waals surface area (Å²) in [5.74, 6) is 1.66. The van der Waals surface area contributed by atoms with Crippen molar-refractivity contribution in [2.45, 2.75) is 26.7 Å². The fourth-order valence-electron chi connectivity index (χ4n) is 2.31. The third-order valence-electron chi connectivity index (χ3n) is 3.41. The van der Waals surface area contributed by atoms with Crippen LogP contribution in [0.5, 0.6) is 11.5 Å². The number of nitrogens with zero attached hydrogens (tertiary/aromatic N) is 3. The van der Waals surface area contributed by atoms with Gasteiger partial charge in [-0.25, -0.2) is 9.97 Å². The fraction of sp³-hybridized carbons (Fsp3) is 0.267. The highest BCUT2D eigenvalue weighted by Crippen LogP contribution is 2.37. The molecule has 7 nitrogen and oxygen atoms in total.